The van der Waals surface area contributed by atoms with Gasteiger partial charge in [0.1, 0.15) is 6.10 Å². The highest BCUT2D eigenvalue weighted by molar-refractivity contribution is 5.87. The van der Waals surface area contributed by atoms with Gasteiger partial charge in [-0.2, -0.15) is 10.2 Å². The van der Waals surface area contributed by atoms with Crippen molar-refractivity contribution in [3.8, 4) is 0 Å². The molecule has 0 bridgehead atoms. The van der Waals surface area contributed by atoms with Gasteiger partial charge in [-0.15, -0.1) is 0 Å². The summed E-state index contributed by atoms with van der Waals surface area (Å²) in [5.74, 6) is -0.0311. The smallest absolute Gasteiger partial charge is 0.226 e. The largest absolute Gasteiger partial charge is 0.371 e. The fourth-order valence-electron chi connectivity index (χ4n) is 3.51. The van der Waals surface area contributed by atoms with Crippen LogP contribution in [0, 0.1) is 6.92 Å². The second kappa shape index (κ2) is 6.33. The Kier molecular flexibility index (Phi) is 4.01. The lowest BCUT2D eigenvalue weighted by molar-refractivity contribution is -0.121. The van der Waals surface area contributed by atoms with Crippen molar-refractivity contribution in [1.82, 2.24) is 25.3 Å². The van der Waals surface area contributed by atoms with E-state index in [9.17, 15) is 4.79 Å². The van der Waals surface area contributed by atoms with Crippen LogP contribution in [0.25, 0.3) is 10.9 Å². The molecule has 1 saturated heterocycles. The van der Waals surface area contributed by atoms with Crippen LogP contribution in [0.2, 0.25) is 0 Å². The van der Waals surface area contributed by atoms with E-state index in [-0.39, 0.29) is 24.5 Å². The van der Waals surface area contributed by atoms with Crippen LogP contribution < -0.4 is 5.32 Å². The van der Waals surface area contributed by atoms with E-state index >= 15 is 0 Å². The van der Waals surface area contributed by atoms with Crippen molar-refractivity contribution in [2.45, 2.75) is 31.9 Å². The van der Waals surface area contributed by atoms with E-state index in [1.54, 1.807) is 4.68 Å². The number of carbonyl (C=O) groups is 1. The molecular formula is C18H21N5O2. The lowest BCUT2D eigenvalue weighted by Crippen LogP contribution is -2.37. The summed E-state index contributed by atoms with van der Waals surface area (Å²) in [6.45, 7) is 2.60. The topological polar surface area (TPSA) is 84.8 Å². The van der Waals surface area contributed by atoms with Gasteiger partial charge in [0.15, 0.2) is 0 Å². The van der Waals surface area contributed by atoms with E-state index in [0.717, 1.165) is 34.3 Å². The predicted octanol–water partition coefficient (Wildman–Crippen LogP) is 1.79. The molecule has 2 aromatic heterocycles. The van der Waals surface area contributed by atoms with Crippen LogP contribution in [0.4, 0.5) is 0 Å². The first-order valence-corrected chi connectivity index (χ1v) is 8.45. The van der Waals surface area contributed by atoms with Gasteiger partial charge in [-0.1, -0.05) is 18.2 Å². The summed E-state index contributed by atoms with van der Waals surface area (Å²) in [7, 11) is 1.89. The van der Waals surface area contributed by atoms with E-state index in [1.807, 2.05) is 44.4 Å². The van der Waals surface area contributed by atoms with Crippen molar-refractivity contribution < 1.29 is 9.53 Å². The molecule has 0 spiro atoms. The molecule has 3 heterocycles. The number of aromatic nitrogens is 4. The van der Waals surface area contributed by atoms with Crippen LogP contribution in [0.15, 0.2) is 30.5 Å². The Morgan fingerprint density at radius 1 is 1.44 bits per heavy atom. The van der Waals surface area contributed by atoms with Gasteiger partial charge >= 0.3 is 0 Å². The van der Waals surface area contributed by atoms with E-state index in [0.29, 0.717) is 6.61 Å². The van der Waals surface area contributed by atoms with Gasteiger partial charge in [0.2, 0.25) is 5.91 Å². The first kappa shape index (κ1) is 15.8. The van der Waals surface area contributed by atoms with Gasteiger partial charge in [-0.05, 0) is 19.4 Å². The molecule has 2 atom stereocenters. The third kappa shape index (κ3) is 3.02. The van der Waals surface area contributed by atoms with Crippen LogP contribution in [-0.2, 0) is 23.0 Å². The quantitative estimate of drug-likeness (QED) is 0.759. The van der Waals surface area contributed by atoms with Crippen LogP contribution in [0.3, 0.4) is 0 Å². The van der Waals surface area contributed by atoms with Crippen molar-refractivity contribution in [3.05, 3.63) is 47.4 Å². The molecule has 1 aliphatic rings. The summed E-state index contributed by atoms with van der Waals surface area (Å²) < 4.78 is 7.64. The van der Waals surface area contributed by atoms with Gasteiger partial charge in [-0.25, -0.2) is 0 Å². The molecule has 1 fully saturated rings. The number of nitrogens with one attached hydrogen (secondary N) is 2. The zero-order valence-corrected chi connectivity index (χ0v) is 14.3. The van der Waals surface area contributed by atoms with Crippen molar-refractivity contribution in [3.63, 3.8) is 0 Å². The van der Waals surface area contributed by atoms with Crippen molar-refractivity contribution >= 4 is 16.8 Å². The Balaban J connectivity index is 1.47. The highest BCUT2D eigenvalue weighted by Gasteiger charge is 2.33. The number of nitrogens with zero attached hydrogens (tertiary/aromatic N) is 3. The standard InChI is InChI=1S/C18H21N5O2/c1-11-13(10-23(2)22-11)18-15(7-8-25-18)19-17(24)9-16-12-5-3-4-6-14(12)20-21-16/h3-6,10,15,18H,7-9H2,1-2H3,(H,19,24)(H,20,21)/t15-,18+/m0/s1. The molecule has 130 valence electrons. The monoisotopic (exact) mass is 339 g/mol. The molecule has 1 aliphatic heterocycles. The maximum absolute atomic E-state index is 12.5. The zero-order valence-electron chi connectivity index (χ0n) is 14.3. The fourth-order valence-corrected chi connectivity index (χ4v) is 3.51. The molecule has 7 nitrogen and oxygen atoms in total. The number of hydrogen-bond donors (Lipinski definition) is 2. The lowest BCUT2D eigenvalue weighted by atomic mass is 10.0. The van der Waals surface area contributed by atoms with Gasteiger partial charge < -0.3 is 10.1 Å². The Morgan fingerprint density at radius 2 is 2.28 bits per heavy atom. The molecule has 3 aromatic rings. The van der Waals surface area contributed by atoms with Crippen LogP contribution in [0.5, 0.6) is 0 Å². The maximum atomic E-state index is 12.5. The number of fused-ring (bicyclic) bond motifs is 1. The number of aryl methyl sites for hydroxylation is 2. The number of carbonyl (C=O) groups excluding carboxylic acids is 1. The third-order valence-electron chi connectivity index (χ3n) is 4.67. The molecule has 25 heavy (non-hydrogen) atoms. The first-order valence-electron chi connectivity index (χ1n) is 8.45. The second-order valence-corrected chi connectivity index (χ2v) is 6.49. The molecule has 4 rings (SSSR count). The van der Waals surface area contributed by atoms with Crippen LogP contribution >= 0.6 is 0 Å². The SMILES string of the molecule is Cc1nn(C)cc1[C@H]1OCC[C@@H]1NC(=O)Cc1[nH]nc2ccccc12. The molecular weight excluding hydrogens is 318 g/mol. The third-order valence-corrected chi connectivity index (χ3v) is 4.67. The van der Waals surface area contributed by atoms with Gasteiger partial charge in [0, 0.05) is 30.8 Å². The summed E-state index contributed by atoms with van der Waals surface area (Å²) in [4.78, 5) is 12.5. The average Bonchev–Trinajstić information content (AvgIpc) is 3.27. The summed E-state index contributed by atoms with van der Waals surface area (Å²) in [6, 6.07) is 7.75. The van der Waals surface area contributed by atoms with E-state index < -0.39 is 0 Å². The second-order valence-electron chi connectivity index (χ2n) is 6.49. The van der Waals surface area contributed by atoms with Crippen LogP contribution in [0.1, 0.15) is 29.5 Å². The predicted molar refractivity (Wildman–Crippen MR) is 93.0 cm³/mol. The highest BCUT2D eigenvalue weighted by Crippen LogP contribution is 2.30. The Labute approximate surface area is 145 Å². The Morgan fingerprint density at radius 3 is 3.08 bits per heavy atom. The minimum absolute atomic E-state index is 0.0311. The Hall–Kier alpha value is -2.67. The van der Waals surface area contributed by atoms with Crippen molar-refractivity contribution in [1.29, 1.82) is 0 Å². The van der Waals surface area contributed by atoms with Crippen LogP contribution in [-0.4, -0.2) is 38.5 Å². The summed E-state index contributed by atoms with van der Waals surface area (Å²) in [6.07, 6.45) is 2.90. The summed E-state index contributed by atoms with van der Waals surface area (Å²) in [5.41, 5.74) is 3.69. The average molecular weight is 339 g/mol. The van der Waals surface area contributed by atoms with Crippen molar-refractivity contribution in [2.24, 2.45) is 7.05 Å². The Bertz CT molecular complexity index is 913. The molecule has 1 amide bonds. The number of benzene rings is 1. The van der Waals surface area contributed by atoms with Gasteiger partial charge in [-0.3, -0.25) is 14.6 Å². The van der Waals surface area contributed by atoms with E-state index in [2.05, 4.69) is 20.6 Å². The maximum Gasteiger partial charge on any atom is 0.226 e. The van der Waals surface area contributed by atoms with E-state index in [1.165, 1.54) is 0 Å². The van der Waals surface area contributed by atoms with Crippen molar-refractivity contribution in [2.75, 3.05) is 6.61 Å². The minimum atomic E-state index is -0.142. The normalized spacial score (nSPS) is 20.2. The molecule has 2 N–H and O–H groups in total. The molecule has 0 aliphatic carbocycles. The lowest BCUT2D eigenvalue weighted by Gasteiger charge is -2.19. The molecule has 1 aromatic carbocycles. The highest BCUT2D eigenvalue weighted by atomic mass is 16.5. The number of amides is 1. The zero-order chi connectivity index (χ0) is 17.4. The molecule has 0 saturated carbocycles. The number of H-pyrrole nitrogens is 1. The minimum Gasteiger partial charge on any atom is -0.371 e. The molecule has 7 heteroatoms. The van der Waals surface area contributed by atoms with Gasteiger partial charge in [0.05, 0.1) is 29.4 Å². The summed E-state index contributed by atoms with van der Waals surface area (Å²) in [5, 5.41) is 15.7. The number of ether oxygens (including phenoxy) is 1. The summed E-state index contributed by atoms with van der Waals surface area (Å²) >= 11 is 0. The number of aromatic amines is 1. The number of hydrogen-bond acceptors (Lipinski definition) is 4. The molecule has 0 radical (unpaired) electrons. The van der Waals surface area contributed by atoms with Gasteiger partial charge in [0.25, 0.3) is 0 Å². The number of rotatable bonds is 4. The fraction of sp³-hybridized carbons (Fsp3) is 0.389. The van der Waals surface area contributed by atoms with E-state index in [4.69, 9.17) is 4.74 Å². The number of para-hydroxylation sites is 1. The first-order chi connectivity index (χ1) is 12.1. The molecule has 0 unspecified atom stereocenters.